The molecule has 0 aromatic carbocycles. The van der Waals surface area contributed by atoms with Crippen molar-refractivity contribution in [2.75, 3.05) is 0 Å². The molecule has 0 saturated heterocycles. The van der Waals surface area contributed by atoms with Crippen molar-refractivity contribution in [3.05, 3.63) is 29.6 Å². The highest BCUT2D eigenvalue weighted by molar-refractivity contribution is 5.13. The molecule has 0 radical (unpaired) electrons. The summed E-state index contributed by atoms with van der Waals surface area (Å²) in [6.07, 6.45) is 6.95. The van der Waals surface area contributed by atoms with Gasteiger partial charge in [0.25, 0.3) is 0 Å². The number of pyridine rings is 1. The number of hydrogen-bond donors (Lipinski definition) is 1. The summed E-state index contributed by atoms with van der Waals surface area (Å²) < 4.78 is 0. The minimum absolute atomic E-state index is 0.138. The molecule has 4 unspecified atom stereocenters. The van der Waals surface area contributed by atoms with Gasteiger partial charge in [-0.3, -0.25) is 4.98 Å². The average Bonchev–Trinajstić information content (AvgIpc) is 2.91. The van der Waals surface area contributed by atoms with Crippen LogP contribution in [0.5, 0.6) is 0 Å². The monoisotopic (exact) mass is 230 g/mol. The fraction of sp³-hybridized carbons (Fsp3) is 0.667. The summed E-state index contributed by atoms with van der Waals surface area (Å²) in [5, 5.41) is 0. The van der Waals surface area contributed by atoms with Crippen molar-refractivity contribution in [2.45, 2.75) is 45.1 Å². The zero-order valence-corrected chi connectivity index (χ0v) is 10.6. The van der Waals surface area contributed by atoms with Gasteiger partial charge in [0.2, 0.25) is 0 Å². The van der Waals surface area contributed by atoms with Crippen molar-refractivity contribution in [3.8, 4) is 0 Å². The number of fused-ring (bicyclic) bond motifs is 2. The third kappa shape index (κ3) is 2.23. The number of hydrogen-bond acceptors (Lipinski definition) is 2. The van der Waals surface area contributed by atoms with E-state index >= 15 is 0 Å². The lowest BCUT2D eigenvalue weighted by Gasteiger charge is -2.24. The van der Waals surface area contributed by atoms with Crippen LogP contribution in [0.1, 0.15) is 49.5 Å². The highest BCUT2D eigenvalue weighted by atomic mass is 14.8. The van der Waals surface area contributed by atoms with Crippen molar-refractivity contribution in [1.82, 2.24) is 4.98 Å². The van der Waals surface area contributed by atoms with Crippen LogP contribution >= 0.6 is 0 Å². The van der Waals surface area contributed by atoms with Gasteiger partial charge in [-0.25, -0.2) is 0 Å². The maximum Gasteiger partial charge on any atom is 0.0574 e. The van der Waals surface area contributed by atoms with Crippen molar-refractivity contribution in [1.29, 1.82) is 0 Å². The summed E-state index contributed by atoms with van der Waals surface area (Å²) in [7, 11) is 0. The summed E-state index contributed by atoms with van der Waals surface area (Å²) >= 11 is 0. The van der Waals surface area contributed by atoms with E-state index in [0.29, 0.717) is 0 Å². The maximum atomic E-state index is 6.31. The second-order valence-electron chi connectivity index (χ2n) is 5.98. The fourth-order valence-electron chi connectivity index (χ4n) is 3.88. The van der Waals surface area contributed by atoms with Crippen molar-refractivity contribution in [3.63, 3.8) is 0 Å². The molecule has 3 rings (SSSR count). The lowest BCUT2D eigenvalue weighted by Crippen LogP contribution is -2.20. The molecule has 0 amide bonds. The molecule has 2 saturated carbocycles. The van der Waals surface area contributed by atoms with Crippen molar-refractivity contribution >= 4 is 0 Å². The number of nitrogens with two attached hydrogens (primary N) is 1. The summed E-state index contributed by atoms with van der Waals surface area (Å²) in [5.41, 5.74) is 8.46. The number of aromatic nitrogens is 1. The van der Waals surface area contributed by atoms with Gasteiger partial charge >= 0.3 is 0 Å². The first kappa shape index (κ1) is 11.2. The second-order valence-corrected chi connectivity index (χ2v) is 5.98. The van der Waals surface area contributed by atoms with E-state index in [0.717, 1.165) is 35.6 Å². The minimum Gasteiger partial charge on any atom is -0.323 e. The topological polar surface area (TPSA) is 38.9 Å². The Morgan fingerprint density at radius 2 is 2.24 bits per heavy atom. The van der Waals surface area contributed by atoms with Crippen LogP contribution < -0.4 is 5.73 Å². The Morgan fingerprint density at radius 3 is 2.88 bits per heavy atom. The highest BCUT2D eigenvalue weighted by Crippen LogP contribution is 2.50. The van der Waals surface area contributed by atoms with Crippen LogP contribution in [0, 0.1) is 24.7 Å². The molecular weight excluding hydrogens is 208 g/mol. The van der Waals surface area contributed by atoms with Crippen LogP contribution in [0.25, 0.3) is 0 Å². The summed E-state index contributed by atoms with van der Waals surface area (Å²) in [4.78, 5) is 4.55. The van der Waals surface area contributed by atoms with Gasteiger partial charge in [0.1, 0.15) is 0 Å². The van der Waals surface area contributed by atoms with E-state index in [1.165, 1.54) is 25.7 Å². The predicted molar refractivity (Wildman–Crippen MR) is 69.5 cm³/mol. The summed E-state index contributed by atoms with van der Waals surface area (Å²) in [6.45, 7) is 2.04. The van der Waals surface area contributed by atoms with Crippen LogP contribution in [0.15, 0.2) is 18.2 Å². The van der Waals surface area contributed by atoms with E-state index in [4.69, 9.17) is 5.73 Å². The molecular formula is C15H22N2. The molecule has 2 bridgehead atoms. The quantitative estimate of drug-likeness (QED) is 0.866. The van der Waals surface area contributed by atoms with Crippen LogP contribution in [0.3, 0.4) is 0 Å². The molecule has 0 aliphatic heterocycles. The molecule has 2 aliphatic carbocycles. The Balaban J connectivity index is 1.65. The number of rotatable bonds is 3. The van der Waals surface area contributed by atoms with Crippen LogP contribution in [-0.2, 0) is 0 Å². The molecule has 1 heterocycles. The van der Waals surface area contributed by atoms with E-state index in [9.17, 15) is 0 Å². The molecule has 17 heavy (non-hydrogen) atoms. The first-order valence-electron chi connectivity index (χ1n) is 6.91. The lowest BCUT2D eigenvalue weighted by atomic mass is 9.84. The lowest BCUT2D eigenvalue weighted by molar-refractivity contribution is 0.294. The molecule has 0 spiro atoms. The zero-order valence-electron chi connectivity index (χ0n) is 10.6. The van der Waals surface area contributed by atoms with Gasteiger partial charge in [-0.2, -0.15) is 0 Å². The van der Waals surface area contributed by atoms with Gasteiger partial charge in [0.05, 0.1) is 5.69 Å². The van der Waals surface area contributed by atoms with Crippen LogP contribution in [-0.4, -0.2) is 4.98 Å². The summed E-state index contributed by atoms with van der Waals surface area (Å²) in [6, 6.07) is 6.32. The molecule has 1 aromatic heterocycles. The standard InChI is InChI=1S/C15H22N2/c1-10-3-2-4-15(17-10)14(16)9-13-8-11-5-6-12(13)7-11/h2-4,11-14H,5-9,16H2,1H3. The third-order valence-corrected chi connectivity index (χ3v) is 4.73. The predicted octanol–water partition coefficient (Wildman–Crippen LogP) is 3.22. The van der Waals surface area contributed by atoms with E-state index in [1.54, 1.807) is 0 Å². The van der Waals surface area contributed by atoms with E-state index in [1.807, 2.05) is 13.0 Å². The highest BCUT2D eigenvalue weighted by Gasteiger charge is 2.39. The normalized spacial score (nSPS) is 32.9. The first-order chi connectivity index (χ1) is 8.22. The zero-order chi connectivity index (χ0) is 11.8. The molecule has 2 nitrogen and oxygen atoms in total. The van der Waals surface area contributed by atoms with Gasteiger partial charge in [-0.05, 0) is 62.5 Å². The van der Waals surface area contributed by atoms with Gasteiger partial charge in [-0.1, -0.05) is 12.5 Å². The molecule has 2 fully saturated rings. The average molecular weight is 230 g/mol. The van der Waals surface area contributed by atoms with E-state index in [2.05, 4.69) is 17.1 Å². The Morgan fingerprint density at radius 1 is 1.35 bits per heavy atom. The molecule has 4 atom stereocenters. The minimum atomic E-state index is 0.138. The Bertz CT molecular complexity index is 402. The maximum absolute atomic E-state index is 6.31. The largest absolute Gasteiger partial charge is 0.323 e. The van der Waals surface area contributed by atoms with Gasteiger partial charge in [0, 0.05) is 11.7 Å². The van der Waals surface area contributed by atoms with Gasteiger partial charge < -0.3 is 5.73 Å². The Hall–Kier alpha value is -0.890. The first-order valence-corrected chi connectivity index (χ1v) is 6.91. The van der Waals surface area contributed by atoms with E-state index < -0.39 is 0 Å². The van der Waals surface area contributed by atoms with Crippen molar-refractivity contribution in [2.24, 2.45) is 23.5 Å². The summed E-state index contributed by atoms with van der Waals surface area (Å²) in [5.74, 6) is 2.85. The number of nitrogens with zero attached hydrogens (tertiary/aromatic N) is 1. The SMILES string of the molecule is Cc1cccc(C(N)CC2CC3CCC2C3)n1. The smallest absolute Gasteiger partial charge is 0.0574 e. The van der Waals surface area contributed by atoms with E-state index in [-0.39, 0.29) is 6.04 Å². The molecule has 2 heteroatoms. The Labute approximate surface area is 104 Å². The molecule has 2 aliphatic rings. The third-order valence-electron chi connectivity index (χ3n) is 4.73. The molecule has 92 valence electrons. The van der Waals surface area contributed by atoms with Crippen LogP contribution in [0.2, 0.25) is 0 Å². The van der Waals surface area contributed by atoms with Gasteiger partial charge in [0.15, 0.2) is 0 Å². The second kappa shape index (κ2) is 4.41. The van der Waals surface area contributed by atoms with Crippen molar-refractivity contribution < 1.29 is 0 Å². The number of aryl methyl sites for hydroxylation is 1. The van der Waals surface area contributed by atoms with Crippen LogP contribution in [0.4, 0.5) is 0 Å². The van der Waals surface area contributed by atoms with Gasteiger partial charge in [-0.15, -0.1) is 0 Å². The molecule has 2 N–H and O–H groups in total. The fourth-order valence-corrected chi connectivity index (χ4v) is 3.88. The Kier molecular flexibility index (Phi) is 2.91. The molecule has 1 aromatic rings.